The molecule has 65 heavy (non-hydrogen) atoms. The molecule has 0 nitrogen and oxygen atoms in total. The lowest BCUT2D eigenvalue weighted by Gasteiger charge is -2.31. The van der Waals surface area contributed by atoms with Gasteiger partial charge in [-0.3, -0.25) is 0 Å². The maximum atomic E-state index is 2.50. The topological polar surface area (TPSA) is 0 Å². The summed E-state index contributed by atoms with van der Waals surface area (Å²) in [6.07, 6.45) is 1.25. The molecule has 0 saturated heterocycles. The average Bonchev–Trinajstić information content (AvgIpc) is 4.03. The summed E-state index contributed by atoms with van der Waals surface area (Å²) < 4.78 is 0. The highest BCUT2D eigenvalue weighted by Gasteiger charge is 2.53. The Morgan fingerprint density at radius 3 is 0.985 bits per heavy atom. The van der Waals surface area contributed by atoms with Crippen LogP contribution in [0.25, 0.3) is 61.2 Å². The Morgan fingerprint density at radius 2 is 0.585 bits per heavy atom. The third-order valence-electron chi connectivity index (χ3n) is 14.5. The fourth-order valence-corrected chi connectivity index (χ4v) is 12.1. The lowest BCUT2D eigenvalue weighted by atomic mass is 9.69. The number of fused-ring (bicyclic) bond motifs is 17. The summed E-state index contributed by atoms with van der Waals surface area (Å²) in [6, 6.07) is 78.0. The fraction of sp³-hybridized carbons (Fsp3) is 0.138. The molecule has 0 N–H and O–H groups in total. The van der Waals surface area contributed by atoms with Gasteiger partial charge in [0, 0.05) is 0 Å². The Balaban J connectivity index is 0.000000903. The lowest BCUT2D eigenvalue weighted by molar-refractivity contribution is 0.766. The predicted octanol–water partition coefficient (Wildman–Crippen LogP) is 17.3. The second-order valence-electron chi connectivity index (χ2n) is 17.8. The van der Waals surface area contributed by atoms with E-state index in [2.05, 4.69) is 234 Å². The molecule has 0 unspecified atom stereocenters. The molecule has 0 bridgehead atoms. The predicted molar refractivity (Wildman–Crippen MR) is 276 cm³/mol. The van der Waals surface area contributed by atoms with Crippen LogP contribution in [-0.2, 0) is 10.8 Å². The highest BCUT2D eigenvalue weighted by Crippen LogP contribution is 2.64. The first-order valence-electron chi connectivity index (χ1n) is 23.7. The molecule has 0 heterocycles. The monoisotopic (exact) mass is 834 g/mol. The molecule has 2 spiro atoms. The SMILES string of the molecule is CC.CC1=C(c2ccccc2C)c2ccc(-c3ccc(-c4ccc5c(c4)C4(c6ccccc6-c6ccccc64)c4ccccc4-5)cc3)cc2C12c1ccccc1-c1ccccc12.CCC. The minimum absolute atomic E-state index is 0.351. The zero-order valence-corrected chi connectivity index (χ0v) is 38.3. The first-order chi connectivity index (χ1) is 32.0. The maximum absolute atomic E-state index is 2.50. The van der Waals surface area contributed by atoms with Crippen molar-refractivity contribution in [3.05, 3.63) is 267 Å². The van der Waals surface area contributed by atoms with E-state index in [-0.39, 0.29) is 10.8 Å². The molecule has 13 rings (SSSR count). The first-order valence-corrected chi connectivity index (χ1v) is 23.7. The van der Waals surface area contributed by atoms with Crippen molar-refractivity contribution in [2.75, 3.05) is 0 Å². The van der Waals surface area contributed by atoms with Crippen molar-refractivity contribution in [2.24, 2.45) is 0 Å². The van der Waals surface area contributed by atoms with Crippen LogP contribution in [0.5, 0.6) is 0 Å². The van der Waals surface area contributed by atoms with Crippen LogP contribution in [0.15, 0.2) is 212 Å². The van der Waals surface area contributed by atoms with E-state index in [9.17, 15) is 0 Å². The zero-order valence-electron chi connectivity index (χ0n) is 38.3. The van der Waals surface area contributed by atoms with Gasteiger partial charge < -0.3 is 0 Å². The summed E-state index contributed by atoms with van der Waals surface area (Å²) in [6.45, 7) is 12.9. The van der Waals surface area contributed by atoms with Crippen LogP contribution in [0.3, 0.4) is 0 Å². The van der Waals surface area contributed by atoms with E-state index in [4.69, 9.17) is 0 Å². The quantitative estimate of drug-likeness (QED) is 0.166. The molecule has 4 aliphatic carbocycles. The van der Waals surface area contributed by atoms with Gasteiger partial charge in [-0.25, -0.2) is 0 Å². The summed E-state index contributed by atoms with van der Waals surface area (Å²) in [4.78, 5) is 0. The molecular weight excluding hydrogens is 781 g/mol. The van der Waals surface area contributed by atoms with E-state index in [1.807, 2.05) is 13.8 Å². The minimum atomic E-state index is -0.370. The van der Waals surface area contributed by atoms with E-state index in [1.165, 1.54) is 129 Å². The van der Waals surface area contributed by atoms with Crippen molar-refractivity contribution in [1.29, 1.82) is 0 Å². The molecule has 0 heteroatoms. The van der Waals surface area contributed by atoms with Gasteiger partial charge in [-0.2, -0.15) is 0 Å². The van der Waals surface area contributed by atoms with E-state index >= 15 is 0 Å². The van der Waals surface area contributed by atoms with Gasteiger partial charge in [-0.15, -0.1) is 0 Å². The molecule has 314 valence electrons. The highest BCUT2D eigenvalue weighted by atomic mass is 14.5. The van der Waals surface area contributed by atoms with Crippen LogP contribution in [0.1, 0.15) is 96.7 Å². The van der Waals surface area contributed by atoms with E-state index in [0.717, 1.165) is 0 Å². The summed E-state index contributed by atoms with van der Waals surface area (Å²) in [7, 11) is 0. The molecule has 0 atom stereocenters. The molecule has 0 amide bonds. The minimum Gasteiger partial charge on any atom is -0.0683 e. The molecule has 0 aromatic heterocycles. The van der Waals surface area contributed by atoms with Crippen LogP contribution >= 0.6 is 0 Å². The molecule has 0 aliphatic heterocycles. The third kappa shape index (κ3) is 5.56. The van der Waals surface area contributed by atoms with Crippen molar-refractivity contribution in [3.8, 4) is 55.6 Å². The molecule has 9 aromatic rings. The number of hydrogen-bond donors (Lipinski definition) is 0. The maximum Gasteiger partial charge on any atom is 0.0725 e. The molecule has 0 radical (unpaired) electrons. The molecule has 0 saturated carbocycles. The van der Waals surface area contributed by atoms with E-state index in [0.29, 0.717) is 0 Å². The molecule has 9 aromatic carbocycles. The van der Waals surface area contributed by atoms with Gasteiger partial charge in [0.05, 0.1) is 10.8 Å². The highest BCUT2D eigenvalue weighted by molar-refractivity contribution is 6.00. The molecule has 0 fully saturated rings. The average molecular weight is 835 g/mol. The largest absolute Gasteiger partial charge is 0.0725 e. The fourth-order valence-electron chi connectivity index (χ4n) is 12.1. The van der Waals surface area contributed by atoms with Gasteiger partial charge in [-0.1, -0.05) is 228 Å². The van der Waals surface area contributed by atoms with Crippen LogP contribution in [0, 0.1) is 6.92 Å². The van der Waals surface area contributed by atoms with Crippen LogP contribution < -0.4 is 0 Å². The Labute approximate surface area is 385 Å². The third-order valence-corrected chi connectivity index (χ3v) is 14.5. The lowest BCUT2D eigenvalue weighted by Crippen LogP contribution is -2.26. The van der Waals surface area contributed by atoms with Gasteiger partial charge in [0.1, 0.15) is 0 Å². The van der Waals surface area contributed by atoms with Crippen LogP contribution in [0.4, 0.5) is 0 Å². The Kier molecular flexibility index (Phi) is 9.82. The summed E-state index contributed by atoms with van der Waals surface area (Å²) >= 11 is 0. The van der Waals surface area contributed by atoms with E-state index < -0.39 is 0 Å². The number of allylic oxidation sites excluding steroid dienone is 1. The zero-order chi connectivity index (χ0) is 44.5. The van der Waals surface area contributed by atoms with Crippen molar-refractivity contribution in [2.45, 2.75) is 58.8 Å². The van der Waals surface area contributed by atoms with Gasteiger partial charge in [0.2, 0.25) is 0 Å². The van der Waals surface area contributed by atoms with Gasteiger partial charge in [0.15, 0.2) is 0 Å². The summed E-state index contributed by atoms with van der Waals surface area (Å²) in [5.41, 5.74) is 28.6. The normalized spacial score (nSPS) is 14.2. The number of rotatable bonds is 3. The summed E-state index contributed by atoms with van der Waals surface area (Å²) in [5.74, 6) is 0. The van der Waals surface area contributed by atoms with Crippen molar-refractivity contribution < 1.29 is 0 Å². The van der Waals surface area contributed by atoms with Crippen LogP contribution in [0.2, 0.25) is 0 Å². The number of hydrogen-bond acceptors (Lipinski definition) is 0. The van der Waals surface area contributed by atoms with Crippen molar-refractivity contribution >= 4 is 5.57 Å². The Bertz CT molecular complexity index is 3240. The van der Waals surface area contributed by atoms with Gasteiger partial charge >= 0.3 is 0 Å². The second-order valence-corrected chi connectivity index (χ2v) is 17.8. The molecular formula is C65H54. The number of benzene rings is 9. The van der Waals surface area contributed by atoms with Crippen molar-refractivity contribution in [3.63, 3.8) is 0 Å². The second kappa shape index (κ2) is 15.8. The Morgan fingerprint density at radius 1 is 0.292 bits per heavy atom. The first kappa shape index (κ1) is 40.5. The van der Waals surface area contributed by atoms with Gasteiger partial charge in [-0.05, 0) is 148 Å². The Hall–Kier alpha value is -7.28. The number of aryl methyl sites for hydroxylation is 1. The van der Waals surface area contributed by atoms with Gasteiger partial charge in [0.25, 0.3) is 0 Å². The van der Waals surface area contributed by atoms with Crippen molar-refractivity contribution in [1.82, 2.24) is 0 Å². The van der Waals surface area contributed by atoms with Crippen LogP contribution in [-0.4, -0.2) is 0 Å². The molecule has 4 aliphatic rings. The standard InChI is InChI=1S/C60H40.C3H8.C2H6/c1-37-15-3-4-16-43(37)58-38(2)59(51-22-10-5-17-44(51)45-18-6-11-23-52(45)59)57-36-42(32-34-50(57)58)40-29-27-39(28-30-40)41-31-33-49-48-21-9-14-26-55(48)60(56(49)35-41)53-24-12-7-19-46(53)47-20-8-13-25-54(47)60;1-3-2;1-2/h3-36H,1-2H3;3H2,1-2H3;1-2H3. The smallest absolute Gasteiger partial charge is 0.0683 e. The van der Waals surface area contributed by atoms with E-state index in [1.54, 1.807) is 0 Å². The summed E-state index contributed by atoms with van der Waals surface area (Å²) in [5, 5.41) is 0.